The minimum atomic E-state index is -4.55. The summed E-state index contributed by atoms with van der Waals surface area (Å²) in [5.74, 6) is -0.604. The predicted octanol–water partition coefficient (Wildman–Crippen LogP) is 4.09. The first kappa shape index (κ1) is 17.7. The molecule has 0 unspecified atom stereocenters. The van der Waals surface area contributed by atoms with Crippen molar-refractivity contribution in [2.75, 3.05) is 5.32 Å². The lowest BCUT2D eigenvalue weighted by molar-refractivity contribution is -0.137. The third-order valence-corrected chi connectivity index (χ3v) is 4.03. The van der Waals surface area contributed by atoms with Gasteiger partial charge in [-0.3, -0.25) is 9.78 Å². The van der Waals surface area contributed by atoms with Crippen LogP contribution in [0.15, 0.2) is 67.0 Å². The van der Waals surface area contributed by atoms with E-state index in [9.17, 15) is 18.0 Å². The molecular formula is C19H12F3N5O. The van der Waals surface area contributed by atoms with Crippen molar-refractivity contribution in [2.24, 2.45) is 0 Å². The number of rotatable bonds is 3. The standard InChI is InChI=1S/C19H12F3N5O/c20-19(21,22)14-6-2-4-8-17(14)27-11-16(25-26-27)18(28)24-13-9-12-5-1-3-7-15(12)23-10-13/h1-11H,(H,24,28). The molecule has 0 aliphatic carbocycles. The number of aromatic nitrogens is 4. The van der Waals surface area contributed by atoms with Crippen LogP contribution >= 0.6 is 0 Å². The molecule has 2 aromatic carbocycles. The number of hydrogen-bond acceptors (Lipinski definition) is 4. The average molecular weight is 383 g/mol. The Kier molecular flexibility index (Phi) is 4.26. The topological polar surface area (TPSA) is 72.7 Å². The Morgan fingerprint density at radius 1 is 1.04 bits per heavy atom. The minimum Gasteiger partial charge on any atom is -0.319 e. The molecule has 0 bridgehead atoms. The van der Waals surface area contributed by atoms with E-state index in [0.29, 0.717) is 5.69 Å². The zero-order chi connectivity index (χ0) is 19.7. The lowest BCUT2D eigenvalue weighted by Gasteiger charge is -2.11. The van der Waals surface area contributed by atoms with E-state index in [-0.39, 0.29) is 11.4 Å². The molecule has 0 aliphatic rings. The molecule has 9 heteroatoms. The van der Waals surface area contributed by atoms with Gasteiger partial charge in [0.2, 0.25) is 0 Å². The van der Waals surface area contributed by atoms with Crippen LogP contribution in [-0.4, -0.2) is 25.9 Å². The number of anilines is 1. The molecule has 0 radical (unpaired) electrons. The van der Waals surface area contributed by atoms with Crippen LogP contribution < -0.4 is 5.32 Å². The Labute approximate surface area is 156 Å². The zero-order valence-electron chi connectivity index (χ0n) is 14.2. The number of benzene rings is 2. The fourth-order valence-electron chi connectivity index (χ4n) is 2.73. The molecule has 1 amide bonds. The van der Waals surface area contributed by atoms with Crippen LogP contribution in [0.4, 0.5) is 18.9 Å². The van der Waals surface area contributed by atoms with Crippen molar-refractivity contribution in [1.82, 2.24) is 20.0 Å². The average Bonchev–Trinajstić information content (AvgIpc) is 3.17. The molecule has 140 valence electrons. The SMILES string of the molecule is O=C(Nc1cnc2ccccc2c1)c1cn(-c2ccccc2C(F)(F)F)nn1. The van der Waals surface area contributed by atoms with Gasteiger partial charge in [0.05, 0.1) is 34.8 Å². The summed E-state index contributed by atoms with van der Waals surface area (Å²) in [4.78, 5) is 16.6. The number of para-hydroxylation sites is 2. The molecule has 2 aromatic heterocycles. The summed E-state index contributed by atoms with van der Waals surface area (Å²) in [6.07, 6.45) is -1.92. The lowest BCUT2D eigenvalue weighted by Crippen LogP contribution is -2.13. The van der Waals surface area contributed by atoms with Gasteiger partial charge in [0.15, 0.2) is 5.69 Å². The van der Waals surface area contributed by atoms with Crippen LogP contribution in [0.25, 0.3) is 16.6 Å². The summed E-state index contributed by atoms with van der Waals surface area (Å²) in [5.41, 5.74) is 0.00814. The quantitative estimate of drug-likeness (QED) is 0.578. The maximum atomic E-state index is 13.2. The number of halogens is 3. The number of amides is 1. The fourth-order valence-corrected chi connectivity index (χ4v) is 2.73. The van der Waals surface area contributed by atoms with E-state index in [2.05, 4.69) is 20.6 Å². The van der Waals surface area contributed by atoms with E-state index in [1.54, 1.807) is 6.07 Å². The highest BCUT2D eigenvalue weighted by atomic mass is 19.4. The van der Waals surface area contributed by atoms with Crippen molar-refractivity contribution in [1.29, 1.82) is 0 Å². The Bertz CT molecular complexity index is 1170. The molecule has 0 atom stereocenters. The molecule has 0 saturated heterocycles. The molecular weight excluding hydrogens is 371 g/mol. The second-order valence-corrected chi connectivity index (χ2v) is 5.93. The summed E-state index contributed by atoms with van der Waals surface area (Å²) in [7, 11) is 0. The molecule has 0 saturated carbocycles. The summed E-state index contributed by atoms with van der Waals surface area (Å²) < 4.78 is 40.4. The summed E-state index contributed by atoms with van der Waals surface area (Å²) >= 11 is 0. The highest BCUT2D eigenvalue weighted by molar-refractivity contribution is 6.03. The van der Waals surface area contributed by atoms with E-state index >= 15 is 0 Å². The first-order valence-corrected chi connectivity index (χ1v) is 8.17. The molecule has 4 rings (SSSR count). The first-order valence-electron chi connectivity index (χ1n) is 8.17. The van der Waals surface area contributed by atoms with Crippen molar-refractivity contribution in [3.63, 3.8) is 0 Å². The third kappa shape index (κ3) is 3.41. The van der Waals surface area contributed by atoms with E-state index in [0.717, 1.165) is 27.8 Å². The number of pyridine rings is 1. The summed E-state index contributed by atoms with van der Waals surface area (Å²) in [6, 6.07) is 14.1. The monoisotopic (exact) mass is 383 g/mol. The molecule has 0 spiro atoms. The van der Waals surface area contributed by atoms with Gasteiger partial charge in [-0.1, -0.05) is 35.5 Å². The highest BCUT2D eigenvalue weighted by Gasteiger charge is 2.34. The Morgan fingerprint density at radius 2 is 1.79 bits per heavy atom. The number of carbonyl (C=O) groups excluding carboxylic acids is 1. The van der Waals surface area contributed by atoms with Crippen molar-refractivity contribution >= 4 is 22.5 Å². The van der Waals surface area contributed by atoms with Gasteiger partial charge >= 0.3 is 6.18 Å². The lowest BCUT2D eigenvalue weighted by atomic mass is 10.1. The summed E-state index contributed by atoms with van der Waals surface area (Å²) in [6.45, 7) is 0. The van der Waals surface area contributed by atoms with Crippen LogP contribution in [-0.2, 0) is 6.18 Å². The normalized spacial score (nSPS) is 11.5. The van der Waals surface area contributed by atoms with Crippen LogP contribution in [0.2, 0.25) is 0 Å². The first-order chi connectivity index (χ1) is 13.4. The van der Waals surface area contributed by atoms with Gasteiger partial charge in [-0.15, -0.1) is 5.10 Å². The van der Waals surface area contributed by atoms with Crippen LogP contribution in [0.1, 0.15) is 16.1 Å². The third-order valence-electron chi connectivity index (χ3n) is 4.03. The number of carbonyl (C=O) groups is 1. The van der Waals surface area contributed by atoms with Crippen LogP contribution in [0, 0.1) is 0 Å². The maximum Gasteiger partial charge on any atom is 0.418 e. The van der Waals surface area contributed by atoms with E-state index in [1.165, 1.54) is 24.4 Å². The predicted molar refractivity (Wildman–Crippen MR) is 96.1 cm³/mol. The Hall–Kier alpha value is -3.75. The van der Waals surface area contributed by atoms with Gasteiger partial charge in [0, 0.05) is 5.39 Å². The number of alkyl halides is 3. The summed E-state index contributed by atoms with van der Waals surface area (Å²) in [5, 5.41) is 10.8. The second-order valence-electron chi connectivity index (χ2n) is 5.93. The number of nitrogens with one attached hydrogen (secondary N) is 1. The smallest absolute Gasteiger partial charge is 0.319 e. The highest BCUT2D eigenvalue weighted by Crippen LogP contribution is 2.33. The largest absolute Gasteiger partial charge is 0.418 e. The van der Waals surface area contributed by atoms with Crippen LogP contribution in [0.5, 0.6) is 0 Å². The molecule has 0 fully saturated rings. The van der Waals surface area contributed by atoms with Crippen molar-refractivity contribution < 1.29 is 18.0 Å². The van der Waals surface area contributed by atoms with E-state index in [4.69, 9.17) is 0 Å². The molecule has 28 heavy (non-hydrogen) atoms. The molecule has 1 N–H and O–H groups in total. The van der Waals surface area contributed by atoms with Gasteiger partial charge in [0.1, 0.15) is 0 Å². The van der Waals surface area contributed by atoms with Crippen LogP contribution in [0.3, 0.4) is 0 Å². The second kappa shape index (κ2) is 6.76. The van der Waals surface area contributed by atoms with Gasteiger partial charge in [-0.05, 0) is 24.3 Å². The molecule has 6 nitrogen and oxygen atoms in total. The van der Waals surface area contributed by atoms with Gasteiger partial charge in [0.25, 0.3) is 5.91 Å². The Balaban J connectivity index is 1.60. The van der Waals surface area contributed by atoms with Gasteiger partial charge in [-0.25, -0.2) is 4.68 Å². The molecule has 0 aliphatic heterocycles. The van der Waals surface area contributed by atoms with Crippen molar-refractivity contribution in [2.45, 2.75) is 6.18 Å². The minimum absolute atomic E-state index is 0.120. The van der Waals surface area contributed by atoms with Gasteiger partial charge in [-0.2, -0.15) is 13.2 Å². The number of fused-ring (bicyclic) bond motifs is 1. The molecule has 4 aromatic rings. The maximum absolute atomic E-state index is 13.2. The van der Waals surface area contributed by atoms with E-state index in [1.807, 2.05) is 24.3 Å². The number of nitrogens with zero attached hydrogens (tertiary/aromatic N) is 4. The van der Waals surface area contributed by atoms with Crippen molar-refractivity contribution in [3.8, 4) is 5.69 Å². The Morgan fingerprint density at radius 3 is 2.61 bits per heavy atom. The van der Waals surface area contributed by atoms with Gasteiger partial charge < -0.3 is 5.32 Å². The fraction of sp³-hybridized carbons (Fsp3) is 0.0526. The van der Waals surface area contributed by atoms with E-state index < -0.39 is 17.6 Å². The number of hydrogen-bond donors (Lipinski definition) is 1. The zero-order valence-corrected chi connectivity index (χ0v) is 14.2. The molecule has 2 heterocycles. The van der Waals surface area contributed by atoms with Crippen molar-refractivity contribution in [3.05, 3.63) is 78.2 Å².